The molecule has 1 aliphatic rings. The summed E-state index contributed by atoms with van der Waals surface area (Å²) < 4.78 is 0. The monoisotopic (exact) mass is 401 g/mol. The van der Waals surface area contributed by atoms with Crippen LogP contribution >= 0.6 is 24.8 Å². The van der Waals surface area contributed by atoms with E-state index in [4.69, 9.17) is 21.5 Å². The van der Waals surface area contributed by atoms with Crippen molar-refractivity contribution in [2.45, 2.75) is 51.0 Å². The molecule has 0 saturated carbocycles. The fourth-order valence-corrected chi connectivity index (χ4v) is 2.97. The number of piperidine rings is 1. The molecule has 1 fully saturated rings. The molecule has 0 radical (unpaired) electrons. The van der Waals surface area contributed by atoms with E-state index in [2.05, 4.69) is 0 Å². The van der Waals surface area contributed by atoms with Crippen LogP contribution in [0.1, 0.15) is 33.1 Å². The summed E-state index contributed by atoms with van der Waals surface area (Å²) in [5, 5.41) is 27.4. The second-order valence-electron chi connectivity index (χ2n) is 6.72. The molecular formula is C14H30BCl2N3O5. The van der Waals surface area contributed by atoms with Crippen LogP contribution in [0, 0.1) is 11.8 Å². The van der Waals surface area contributed by atoms with Crippen molar-refractivity contribution in [1.82, 2.24) is 4.90 Å². The van der Waals surface area contributed by atoms with Gasteiger partial charge in [0.25, 0.3) is 0 Å². The Morgan fingerprint density at radius 3 is 2.36 bits per heavy atom. The van der Waals surface area contributed by atoms with Crippen LogP contribution in [0.3, 0.4) is 0 Å². The summed E-state index contributed by atoms with van der Waals surface area (Å²) in [6, 6.07) is -0.694. The van der Waals surface area contributed by atoms with Gasteiger partial charge in [-0.2, -0.15) is 0 Å². The fraction of sp³-hybridized carbons (Fsp3) is 0.857. The first kappa shape index (κ1) is 26.7. The van der Waals surface area contributed by atoms with Gasteiger partial charge in [-0.25, -0.2) is 0 Å². The third-order valence-electron chi connectivity index (χ3n) is 4.72. The van der Waals surface area contributed by atoms with Crippen molar-refractivity contribution in [2.75, 3.05) is 13.1 Å². The highest BCUT2D eigenvalue weighted by molar-refractivity contribution is 6.40. The lowest BCUT2D eigenvalue weighted by atomic mass is 9.75. The minimum absolute atomic E-state index is 0. The lowest BCUT2D eigenvalue weighted by molar-refractivity contribution is -0.150. The molecule has 0 aliphatic carbocycles. The number of halogens is 2. The van der Waals surface area contributed by atoms with Crippen LogP contribution in [0.5, 0.6) is 0 Å². The summed E-state index contributed by atoms with van der Waals surface area (Å²) in [5.41, 5.74) is 10.4. The quantitative estimate of drug-likeness (QED) is 0.367. The predicted octanol–water partition coefficient (Wildman–Crippen LogP) is -0.303. The minimum Gasteiger partial charge on any atom is -0.480 e. The van der Waals surface area contributed by atoms with Crippen LogP contribution in [0.15, 0.2) is 0 Å². The van der Waals surface area contributed by atoms with Crippen LogP contribution in [-0.2, 0) is 9.59 Å². The molecule has 7 N–H and O–H groups in total. The average molecular weight is 402 g/mol. The number of aliphatic carboxylic acids is 1. The molecule has 8 nitrogen and oxygen atoms in total. The Balaban J connectivity index is 0. The van der Waals surface area contributed by atoms with Gasteiger partial charge in [-0.1, -0.05) is 26.7 Å². The van der Waals surface area contributed by atoms with Gasteiger partial charge in [-0.15, -0.1) is 24.8 Å². The van der Waals surface area contributed by atoms with Crippen molar-refractivity contribution in [1.29, 1.82) is 0 Å². The largest absolute Gasteiger partial charge is 0.480 e. The molecule has 25 heavy (non-hydrogen) atoms. The maximum absolute atomic E-state index is 12.5. The molecule has 2 unspecified atom stereocenters. The van der Waals surface area contributed by atoms with Gasteiger partial charge in [0.2, 0.25) is 5.91 Å². The smallest absolute Gasteiger partial charge is 0.451 e. The molecule has 1 saturated heterocycles. The number of carboxylic acid groups (broad SMARTS) is 1. The molecule has 0 bridgehead atoms. The number of carbonyl (C=O) groups is 2. The van der Waals surface area contributed by atoms with E-state index >= 15 is 0 Å². The van der Waals surface area contributed by atoms with E-state index in [1.54, 1.807) is 0 Å². The van der Waals surface area contributed by atoms with Crippen molar-refractivity contribution in [2.24, 2.45) is 23.3 Å². The number of likely N-dealkylation sites (tertiary alicyclic amines) is 1. The van der Waals surface area contributed by atoms with Gasteiger partial charge >= 0.3 is 13.1 Å². The number of carboxylic acids is 1. The first-order valence-electron chi connectivity index (χ1n) is 8.03. The number of nitrogens with zero attached hydrogens (tertiary/aromatic N) is 1. The zero-order valence-electron chi connectivity index (χ0n) is 14.6. The van der Waals surface area contributed by atoms with E-state index in [1.807, 2.05) is 13.8 Å². The van der Waals surface area contributed by atoms with E-state index in [0.717, 1.165) is 6.42 Å². The summed E-state index contributed by atoms with van der Waals surface area (Å²) in [6.07, 6.45) is 1.43. The summed E-state index contributed by atoms with van der Waals surface area (Å²) in [4.78, 5) is 25.5. The molecule has 0 aromatic heterocycles. The molecule has 0 aromatic rings. The summed E-state index contributed by atoms with van der Waals surface area (Å²) in [6.45, 7) is 4.06. The summed E-state index contributed by atoms with van der Waals surface area (Å²) in [5.74, 6) is -1.69. The lowest BCUT2D eigenvalue weighted by Crippen LogP contribution is -2.64. The first-order valence-corrected chi connectivity index (χ1v) is 8.03. The number of hydrogen-bond acceptors (Lipinski definition) is 6. The fourth-order valence-electron chi connectivity index (χ4n) is 2.97. The zero-order chi connectivity index (χ0) is 17.8. The Kier molecular flexibility index (Phi) is 11.9. The molecule has 11 heteroatoms. The van der Waals surface area contributed by atoms with Gasteiger partial charge in [0.05, 0.1) is 6.04 Å². The van der Waals surface area contributed by atoms with Crippen LogP contribution in [0.25, 0.3) is 0 Å². The number of hydrogen-bond donors (Lipinski definition) is 5. The van der Waals surface area contributed by atoms with Gasteiger partial charge in [-0.3, -0.25) is 9.59 Å². The Bertz CT molecular complexity index is 447. The van der Waals surface area contributed by atoms with E-state index in [1.165, 1.54) is 4.90 Å². The van der Waals surface area contributed by atoms with Crippen LogP contribution in [0.2, 0.25) is 6.32 Å². The Morgan fingerprint density at radius 1 is 1.36 bits per heavy atom. The van der Waals surface area contributed by atoms with Crippen molar-refractivity contribution < 1.29 is 24.7 Å². The maximum atomic E-state index is 12.5. The molecule has 1 rings (SSSR count). The highest BCUT2D eigenvalue weighted by atomic mass is 35.5. The molecule has 1 amide bonds. The first-order chi connectivity index (χ1) is 10.6. The highest BCUT2D eigenvalue weighted by Gasteiger charge is 2.45. The zero-order valence-corrected chi connectivity index (χ0v) is 16.3. The van der Waals surface area contributed by atoms with Crippen molar-refractivity contribution in [3.05, 3.63) is 0 Å². The molecule has 4 atom stereocenters. The van der Waals surface area contributed by atoms with Gasteiger partial charge in [0.1, 0.15) is 5.54 Å². The minimum atomic E-state index is -1.53. The SMILES string of the molecule is CCC(C)C(N)C(=O)N1C[C@@H](CCB(O)O)C[C@](N)(C(=O)O)C1.Cl.Cl. The predicted molar refractivity (Wildman–Crippen MR) is 101 cm³/mol. The molecule has 1 heterocycles. The van der Waals surface area contributed by atoms with Crippen LogP contribution < -0.4 is 11.5 Å². The van der Waals surface area contributed by atoms with Crippen molar-refractivity contribution in [3.63, 3.8) is 0 Å². The Hall–Kier alpha value is -0.575. The number of amides is 1. The third kappa shape index (κ3) is 7.28. The molecular weight excluding hydrogens is 372 g/mol. The average Bonchev–Trinajstić information content (AvgIpc) is 2.50. The van der Waals surface area contributed by atoms with E-state index in [-0.39, 0.29) is 61.8 Å². The maximum Gasteiger partial charge on any atom is 0.451 e. The van der Waals surface area contributed by atoms with E-state index < -0.39 is 24.7 Å². The van der Waals surface area contributed by atoms with Crippen molar-refractivity contribution in [3.8, 4) is 0 Å². The van der Waals surface area contributed by atoms with Crippen LogP contribution in [-0.4, -0.2) is 63.7 Å². The van der Waals surface area contributed by atoms with E-state index in [0.29, 0.717) is 13.0 Å². The summed E-state index contributed by atoms with van der Waals surface area (Å²) in [7, 11) is -1.46. The van der Waals surface area contributed by atoms with E-state index in [9.17, 15) is 14.7 Å². The normalized spacial score (nSPS) is 25.2. The summed E-state index contributed by atoms with van der Waals surface area (Å²) >= 11 is 0. The van der Waals surface area contributed by atoms with Crippen molar-refractivity contribution >= 4 is 43.8 Å². The van der Waals surface area contributed by atoms with Gasteiger partial charge in [-0.05, 0) is 24.6 Å². The Morgan fingerprint density at radius 2 is 1.92 bits per heavy atom. The molecule has 148 valence electrons. The van der Waals surface area contributed by atoms with Gasteiger partial charge < -0.3 is 31.5 Å². The third-order valence-corrected chi connectivity index (χ3v) is 4.72. The Labute approximate surface area is 161 Å². The molecule has 1 aliphatic heterocycles. The number of carbonyl (C=O) groups excluding carboxylic acids is 1. The highest BCUT2D eigenvalue weighted by Crippen LogP contribution is 2.28. The molecule has 0 aromatic carbocycles. The van der Waals surface area contributed by atoms with Crippen LogP contribution in [0.4, 0.5) is 0 Å². The lowest BCUT2D eigenvalue weighted by Gasteiger charge is -2.43. The standard InChI is InChI=1S/C14H28BN3O5.2ClH/c1-3-9(2)11(16)12(19)18-7-10(4-5-15(22)23)6-14(17,8-18)13(20)21;;/h9-11,22-23H,3-8,16-17H2,1-2H3,(H,20,21);2*1H/t9?,10-,11?,14+;;/m0../s1. The topological polar surface area (TPSA) is 150 Å². The molecule has 0 spiro atoms. The second kappa shape index (κ2) is 11.2. The van der Waals surface area contributed by atoms with Gasteiger partial charge in [0, 0.05) is 13.1 Å². The second-order valence-corrected chi connectivity index (χ2v) is 6.72. The van der Waals surface area contributed by atoms with Gasteiger partial charge in [0.15, 0.2) is 0 Å². The number of rotatable bonds is 7. The number of nitrogens with two attached hydrogens (primary N) is 2.